The Labute approximate surface area is 184 Å². The monoisotopic (exact) mass is 420 g/mol. The van der Waals surface area contributed by atoms with Gasteiger partial charge in [0.2, 0.25) is 5.95 Å². The molecular weight excluding hydrogens is 388 g/mol. The molecule has 5 rings (SSSR count). The van der Waals surface area contributed by atoms with Crippen molar-refractivity contribution >= 4 is 12.0 Å². The molecule has 2 aromatic rings. The first kappa shape index (κ1) is 20.3. The molecular formula is C25H32N4O2. The molecule has 1 aromatic carbocycles. The second kappa shape index (κ2) is 7.21. The van der Waals surface area contributed by atoms with Crippen molar-refractivity contribution in [3.63, 3.8) is 0 Å². The van der Waals surface area contributed by atoms with Crippen LogP contribution in [0.5, 0.6) is 0 Å². The lowest BCUT2D eigenvalue weighted by molar-refractivity contribution is 0.0495. The van der Waals surface area contributed by atoms with E-state index in [1.807, 2.05) is 20.8 Å². The third-order valence-corrected chi connectivity index (χ3v) is 6.70. The summed E-state index contributed by atoms with van der Waals surface area (Å²) in [6.45, 7) is 8.93. The van der Waals surface area contributed by atoms with E-state index < -0.39 is 5.60 Å². The van der Waals surface area contributed by atoms with Crippen LogP contribution in [0.4, 0.5) is 10.7 Å². The molecule has 0 unspecified atom stereocenters. The smallest absolute Gasteiger partial charge is 0.408 e. The van der Waals surface area contributed by atoms with Gasteiger partial charge in [-0.3, -0.25) is 0 Å². The van der Waals surface area contributed by atoms with Crippen molar-refractivity contribution in [1.29, 1.82) is 0 Å². The van der Waals surface area contributed by atoms with Crippen LogP contribution >= 0.6 is 0 Å². The third kappa shape index (κ3) is 3.88. The summed E-state index contributed by atoms with van der Waals surface area (Å²) in [6, 6.07) is 9.08. The Morgan fingerprint density at radius 2 is 1.90 bits per heavy atom. The maximum absolute atomic E-state index is 12.3. The van der Waals surface area contributed by atoms with Crippen LogP contribution in [0.1, 0.15) is 70.2 Å². The van der Waals surface area contributed by atoms with E-state index in [1.165, 1.54) is 17.7 Å². The number of carbonyl (C=O) groups excluding carboxylic acids is 1. The van der Waals surface area contributed by atoms with Gasteiger partial charge in [0.25, 0.3) is 0 Å². The molecule has 0 radical (unpaired) electrons. The summed E-state index contributed by atoms with van der Waals surface area (Å²) in [6.07, 6.45) is 5.97. The molecule has 1 atom stereocenters. The SMILES string of the molecule is C[C@H]1CCN1c1nc2c(c(-c3ccc(C4(NC(=O)OC(C)(C)C)CC4)cc3)n1)CCC2. The second-order valence-corrected chi connectivity index (χ2v) is 10.3. The van der Waals surface area contributed by atoms with Crippen molar-refractivity contribution in [3.8, 4) is 11.3 Å². The Hall–Kier alpha value is -2.63. The lowest BCUT2D eigenvalue weighted by Gasteiger charge is -2.39. The van der Waals surface area contributed by atoms with Crippen molar-refractivity contribution in [3.05, 3.63) is 41.1 Å². The maximum atomic E-state index is 12.3. The van der Waals surface area contributed by atoms with Crippen LogP contribution in [0.3, 0.4) is 0 Å². The molecule has 1 aliphatic heterocycles. The van der Waals surface area contributed by atoms with E-state index in [0.29, 0.717) is 6.04 Å². The Morgan fingerprint density at radius 1 is 1.16 bits per heavy atom. The minimum atomic E-state index is -0.497. The van der Waals surface area contributed by atoms with Gasteiger partial charge in [-0.25, -0.2) is 14.8 Å². The molecule has 3 aliphatic rings. The molecule has 6 heteroatoms. The van der Waals surface area contributed by atoms with Crippen molar-refractivity contribution in [2.45, 2.75) is 83.4 Å². The summed E-state index contributed by atoms with van der Waals surface area (Å²) in [7, 11) is 0. The van der Waals surface area contributed by atoms with Crippen LogP contribution in [0.2, 0.25) is 0 Å². The van der Waals surface area contributed by atoms with E-state index in [-0.39, 0.29) is 11.6 Å². The van der Waals surface area contributed by atoms with Gasteiger partial charge in [-0.15, -0.1) is 0 Å². The molecule has 1 N–H and O–H groups in total. The summed E-state index contributed by atoms with van der Waals surface area (Å²) in [4.78, 5) is 24.5. The zero-order valence-corrected chi connectivity index (χ0v) is 19.0. The standard InChI is InChI=1S/C25H32N4O2/c1-16-12-15-29(16)22-26-20-7-5-6-19(20)21(27-22)17-8-10-18(11-9-17)25(13-14-25)28-23(30)31-24(2,3)4/h8-11,16H,5-7,12-15H2,1-4H3,(H,28,30)/t16-/m0/s1. The number of fused-ring (bicyclic) bond motifs is 1. The predicted octanol–water partition coefficient (Wildman–Crippen LogP) is 4.74. The number of hydrogen-bond acceptors (Lipinski definition) is 5. The Kier molecular flexibility index (Phi) is 4.72. The van der Waals surface area contributed by atoms with E-state index in [1.54, 1.807) is 0 Å². The summed E-state index contributed by atoms with van der Waals surface area (Å²) >= 11 is 0. The number of amides is 1. The number of hydrogen-bond donors (Lipinski definition) is 1. The number of aromatic nitrogens is 2. The summed E-state index contributed by atoms with van der Waals surface area (Å²) in [5.41, 5.74) is 5.06. The van der Waals surface area contributed by atoms with Gasteiger partial charge in [0, 0.05) is 29.4 Å². The molecule has 164 valence electrons. The first-order valence-electron chi connectivity index (χ1n) is 11.5. The molecule has 2 fully saturated rings. The number of anilines is 1. The summed E-state index contributed by atoms with van der Waals surface area (Å²) < 4.78 is 5.47. The topological polar surface area (TPSA) is 67.4 Å². The van der Waals surface area contributed by atoms with Crippen LogP contribution in [-0.4, -0.2) is 34.2 Å². The van der Waals surface area contributed by atoms with Crippen molar-refractivity contribution in [2.24, 2.45) is 0 Å². The fourth-order valence-electron chi connectivity index (χ4n) is 4.66. The van der Waals surface area contributed by atoms with Crippen molar-refractivity contribution in [1.82, 2.24) is 15.3 Å². The highest BCUT2D eigenvalue weighted by Crippen LogP contribution is 2.46. The lowest BCUT2D eigenvalue weighted by atomic mass is 9.99. The molecule has 0 spiro atoms. The van der Waals surface area contributed by atoms with Gasteiger partial charge in [0.15, 0.2) is 0 Å². The van der Waals surface area contributed by atoms with Gasteiger partial charge < -0.3 is 15.0 Å². The number of nitrogens with zero attached hydrogens (tertiary/aromatic N) is 3. The first-order chi connectivity index (χ1) is 14.7. The Morgan fingerprint density at radius 3 is 2.48 bits per heavy atom. The molecule has 1 aromatic heterocycles. The fourth-order valence-corrected chi connectivity index (χ4v) is 4.66. The zero-order valence-electron chi connectivity index (χ0n) is 19.0. The Bertz CT molecular complexity index is 1010. The molecule has 1 saturated carbocycles. The van der Waals surface area contributed by atoms with Crippen molar-refractivity contribution < 1.29 is 9.53 Å². The van der Waals surface area contributed by atoms with Crippen LogP contribution in [0.15, 0.2) is 24.3 Å². The number of carbonyl (C=O) groups is 1. The lowest BCUT2D eigenvalue weighted by Crippen LogP contribution is -2.46. The van der Waals surface area contributed by atoms with E-state index >= 15 is 0 Å². The van der Waals surface area contributed by atoms with Gasteiger partial charge >= 0.3 is 6.09 Å². The largest absolute Gasteiger partial charge is 0.444 e. The minimum Gasteiger partial charge on any atom is -0.444 e. The van der Waals surface area contributed by atoms with E-state index in [4.69, 9.17) is 14.7 Å². The highest BCUT2D eigenvalue weighted by molar-refractivity contribution is 5.71. The molecule has 6 nitrogen and oxygen atoms in total. The van der Waals surface area contributed by atoms with Gasteiger partial charge in [-0.1, -0.05) is 24.3 Å². The van der Waals surface area contributed by atoms with Crippen LogP contribution in [0.25, 0.3) is 11.3 Å². The molecule has 1 amide bonds. The fraction of sp³-hybridized carbons (Fsp3) is 0.560. The number of alkyl carbamates (subject to hydrolysis) is 1. The average molecular weight is 421 g/mol. The average Bonchev–Trinajstić information content (AvgIpc) is 3.31. The van der Waals surface area contributed by atoms with Crippen LogP contribution < -0.4 is 10.2 Å². The Balaban J connectivity index is 1.40. The molecule has 31 heavy (non-hydrogen) atoms. The molecule has 2 heterocycles. The first-order valence-corrected chi connectivity index (χ1v) is 11.5. The molecule has 2 aliphatic carbocycles. The highest BCUT2D eigenvalue weighted by Gasteiger charge is 2.46. The maximum Gasteiger partial charge on any atom is 0.408 e. The van der Waals surface area contributed by atoms with Crippen LogP contribution in [-0.2, 0) is 23.1 Å². The quantitative estimate of drug-likeness (QED) is 0.773. The number of aryl methyl sites for hydroxylation is 1. The van der Waals surface area contributed by atoms with E-state index in [9.17, 15) is 4.79 Å². The number of nitrogens with one attached hydrogen (secondary N) is 1. The van der Waals surface area contributed by atoms with Gasteiger partial charge in [0.05, 0.1) is 11.2 Å². The normalized spacial score (nSPS) is 21.3. The molecule has 0 bridgehead atoms. The predicted molar refractivity (Wildman–Crippen MR) is 121 cm³/mol. The van der Waals surface area contributed by atoms with E-state index in [0.717, 1.165) is 61.4 Å². The number of ether oxygens (including phenoxy) is 1. The van der Waals surface area contributed by atoms with E-state index in [2.05, 4.69) is 41.4 Å². The van der Waals surface area contributed by atoms with Crippen molar-refractivity contribution in [2.75, 3.05) is 11.4 Å². The highest BCUT2D eigenvalue weighted by atomic mass is 16.6. The summed E-state index contributed by atoms with van der Waals surface area (Å²) in [5, 5.41) is 3.09. The minimum absolute atomic E-state index is 0.299. The summed E-state index contributed by atoms with van der Waals surface area (Å²) in [5.74, 6) is 0.878. The van der Waals surface area contributed by atoms with Gasteiger partial charge in [-0.05, 0) is 71.8 Å². The van der Waals surface area contributed by atoms with Gasteiger partial charge in [0.1, 0.15) is 5.60 Å². The second-order valence-electron chi connectivity index (χ2n) is 10.3. The zero-order chi connectivity index (χ0) is 21.8. The third-order valence-electron chi connectivity index (χ3n) is 6.70. The van der Waals surface area contributed by atoms with Gasteiger partial charge in [-0.2, -0.15) is 0 Å². The molecule has 1 saturated heterocycles. The van der Waals surface area contributed by atoms with Crippen LogP contribution in [0, 0.1) is 0 Å². The number of rotatable bonds is 4. The number of benzene rings is 1.